The summed E-state index contributed by atoms with van der Waals surface area (Å²) in [5.74, 6) is -0.576. The minimum Gasteiger partial charge on any atom is -0.368 e. The maximum absolute atomic E-state index is 12.5. The van der Waals surface area contributed by atoms with Gasteiger partial charge >= 0.3 is 6.03 Å². The van der Waals surface area contributed by atoms with Gasteiger partial charge in [-0.3, -0.25) is 9.59 Å². The Balaban J connectivity index is 1.49. The van der Waals surface area contributed by atoms with Gasteiger partial charge in [0.2, 0.25) is 11.8 Å². The van der Waals surface area contributed by atoms with Crippen molar-refractivity contribution in [3.63, 3.8) is 0 Å². The maximum Gasteiger partial charge on any atom is 0.319 e. The zero-order valence-electron chi connectivity index (χ0n) is 15.9. The number of nitrogens with one attached hydrogen (secondary N) is 2. The lowest BCUT2D eigenvalue weighted by Crippen LogP contribution is -2.44. The summed E-state index contributed by atoms with van der Waals surface area (Å²) in [5.41, 5.74) is 7.73. The number of primary amides is 1. The molecule has 29 heavy (non-hydrogen) atoms. The van der Waals surface area contributed by atoms with Crippen molar-refractivity contribution in [1.29, 1.82) is 0 Å². The first-order valence-corrected chi connectivity index (χ1v) is 9.77. The molecule has 8 heteroatoms. The number of amides is 4. The van der Waals surface area contributed by atoms with E-state index in [2.05, 4.69) is 10.6 Å². The average Bonchev–Trinajstić information content (AvgIpc) is 3.19. The van der Waals surface area contributed by atoms with Gasteiger partial charge in [-0.05, 0) is 48.2 Å². The van der Waals surface area contributed by atoms with Crippen LogP contribution in [-0.2, 0) is 22.6 Å². The Labute approximate surface area is 174 Å². The van der Waals surface area contributed by atoms with Gasteiger partial charge in [0.25, 0.3) is 0 Å². The summed E-state index contributed by atoms with van der Waals surface area (Å²) in [5, 5.41) is 6.16. The van der Waals surface area contributed by atoms with Gasteiger partial charge in [-0.15, -0.1) is 0 Å². The SMILES string of the molecule is NC(=O)[C@@H]1CCCN1C(=O)Cc1ccc(NC(=O)NCc2ccc(Cl)cc2)cc1. The van der Waals surface area contributed by atoms with Crippen molar-refractivity contribution in [2.24, 2.45) is 5.73 Å². The van der Waals surface area contributed by atoms with Crippen molar-refractivity contribution in [2.45, 2.75) is 31.8 Å². The van der Waals surface area contributed by atoms with E-state index >= 15 is 0 Å². The number of urea groups is 1. The van der Waals surface area contributed by atoms with Crippen LogP contribution in [0.25, 0.3) is 0 Å². The summed E-state index contributed by atoms with van der Waals surface area (Å²) in [6.07, 6.45) is 1.59. The number of nitrogens with two attached hydrogens (primary N) is 1. The quantitative estimate of drug-likeness (QED) is 0.676. The predicted octanol–water partition coefficient (Wildman–Crippen LogP) is 2.68. The lowest BCUT2D eigenvalue weighted by molar-refractivity contribution is -0.136. The third-order valence-electron chi connectivity index (χ3n) is 4.84. The van der Waals surface area contributed by atoms with Crippen LogP contribution >= 0.6 is 11.6 Å². The van der Waals surface area contributed by atoms with E-state index in [9.17, 15) is 14.4 Å². The molecule has 0 bridgehead atoms. The standard InChI is InChI=1S/C21H23ClN4O3/c22-16-7-3-15(4-8-16)13-24-21(29)25-17-9-5-14(6-10-17)12-19(27)26-11-1-2-18(26)20(23)28/h3-10,18H,1-2,11-13H2,(H2,23,28)(H2,24,25,29)/t18-/m0/s1. The summed E-state index contributed by atoms with van der Waals surface area (Å²) in [6.45, 7) is 0.937. The van der Waals surface area contributed by atoms with E-state index in [1.54, 1.807) is 41.3 Å². The molecule has 4 N–H and O–H groups in total. The number of hydrogen-bond acceptors (Lipinski definition) is 3. The lowest BCUT2D eigenvalue weighted by atomic mass is 10.1. The van der Waals surface area contributed by atoms with Crippen LogP contribution in [-0.4, -0.2) is 35.3 Å². The molecule has 152 valence electrons. The molecule has 4 amide bonds. The molecule has 2 aromatic rings. The minimum atomic E-state index is -0.507. The topological polar surface area (TPSA) is 105 Å². The molecular weight excluding hydrogens is 392 g/mol. The third-order valence-corrected chi connectivity index (χ3v) is 5.09. The number of hydrogen-bond donors (Lipinski definition) is 3. The molecule has 0 aliphatic carbocycles. The number of carbonyl (C=O) groups is 3. The molecule has 3 rings (SSSR count). The Morgan fingerprint density at radius 2 is 1.69 bits per heavy atom. The van der Waals surface area contributed by atoms with E-state index < -0.39 is 11.9 Å². The summed E-state index contributed by atoms with van der Waals surface area (Å²) < 4.78 is 0. The van der Waals surface area contributed by atoms with Crippen molar-refractivity contribution < 1.29 is 14.4 Å². The Hall–Kier alpha value is -3.06. The van der Waals surface area contributed by atoms with E-state index in [1.165, 1.54) is 0 Å². The second kappa shape index (κ2) is 9.43. The summed E-state index contributed by atoms with van der Waals surface area (Å²) >= 11 is 5.84. The van der Waals surface area contributed by atoms with Gasteiger partial charge in [0.05, 0.1) is 6.42 Å². The monoisotopic (exact) mass is 414 g/mol. The van der Waals surface area contributed by atoms with Crippen molar-refractivity contribution in [3.8, 4) is 0 Å². The maximum atomic E-state index is 12.5. The van der Waals surface area contributed by atoms with Gasteiger partial charge in [0, 0.05) is 23.8 Å². The molecule has 0 aromatic heterocycles. The van der Waals surface area contributed by atoms with Gasteiger partial charge < -0.3 is 21.3 Å². The van der Waals surface area contributed by atoms with Crippen molar-refractivity contribution in [2.75, 3.05) is 11.9 Å². The van der Waals surface area contributed by atoms with E-state index in [4.69, 9.17) is 17.3 Å². The first-order valence-electron chi connectivity index (χ1n) is 9.39. The fraction of sp³-hybridized carbons (Fsp3) is 0.286. The van der Waals surface area contributed by atoms with Gasteiger partial charge in [-0.1, -0.05) is 35.9 Å². The fourth-order valence-corrected chi connectivity index (χ4v) is 3.43. The van der Waals surface area contributed by atoms with E-state index in [1.807, 2.05) is 12.1 Å². The predicted molar refractivity (Wildman–Crippen MR) is 111 cm³/mol. The molecule has 0 saturated carbocycles. The van der Waals surface area contributed by atoms with Crippen molar-refractivity contribution in [3.05, 3.63) is 64.7 Å². The number of benzene rings is 2. The highest BCUT2D eigenvalue weighted by Crippen LogP contribution is 2.19. The number of anilines is 1. The van der Waals surface area contributed by atoms with Gasteiger partial charge in [-0.2, -0.15) is 0 Å². The average molecular weight is 415 g/mol. The fourth-order valence-electron chi connectivity index (χ4n) is 3.30. The molecule has 0 radical (unpaired) electrons. The number of rotatable bonds is 6. The van der Waals surface area contributed by atoms with Crippen molar-refractivity contribution in [1.82, 2.24) is 10.2 Å². The first-order chi connectivity index (χ1) is 13.9. The zero-order chi connectivity index (χ0) is 20.8. The molecule has 0 unspecified atom stereocenters. The van der Waals surface area contributed by atoms with E-state index in [-0.39, 0.29) is 18.4 Å². The van der Waals surface area contributed by atoms with Gasteiger partial charge in [0.15, 0.2) is 0 Å². The minimum absolute atomic E-state index is 0.118. The van der Waals surface area contributed by atoms with E-state index in [0.717, 1.165) is 17.5 Å². The second-order valence-corrected chi connectivity index (χ2v) is 7.39. The normalized spacial score (nSPS) is 15.8. The van der Waals surface area contributed by atoms with Crippen LogP contribution in [0.4, 0.5) is 10.5 Å². The third kappa shape index (κ3) is 5.71. The molecule has 1 heterocycles. The molecule has 7 nitrogen and oxygen atoms in total. The number of likely N-dealkylation sites (tertiary alicyclic amines) is 1. The lowest BCUT2D eigenvalue weighted by Gasteiger charge is -2.22. The molecule has 0 spiro atoms. The smallest absolute Gasteiger partial charge is 0.319 e. The summed E-state index contributed by atoms with van der Waals surface area (Å²) in [4.78, 5) is 37.5. The Morgan fingerprint density at radius 3 is 2.34 bits per heavy atom. The van der Waals surface area contributed by atoms with Crippen LogP contribution in [0, 0.1) is 0 Å². The second-order valence-electron chi connectivity index (χ2n) is 6.96. The van der Waals surface area contributed by atoms with E-state index in [0.29, 0.717) is 30.2 Å². The number of nitrogens with zero attached hydrogens (tertiary/aromatic N) is 1. The van der Waals surface area contributed by atoms with Crippen LogP contribution in [0.3, 0.4) is 0 Å². The highest BCUT2D eigenvalue weighted by Gasteiger charge is 2.32. The molecule has 1 atom stereocenters. The Morgan fingerprint density at radius 1 is 1.03 bits per heavy atom. The van der Waals surface area contributed by atoms with Crippen molar-refractivity contribution >= 4 is 35.1 Å². The van der Waals surface area contributed by atoms with Crippen LogP contribution < -0.4 is 16.4 Å². The first kappa shape index (κ1) is 20.7. The number of carbonyl (C=O) groups excluding carboxylic acids is 3. The molecule has 1 aliphatic heterocycles. The Bertz CT molecular complexity index is 884. The summed E-state index contributed by atoms with van der Waals surface area (Å²) in [6, 6.07) is 13.4. The largest absolute Gasteiger partial charge is 0.368 e. The van der Waals surface area contributed by atoms with Crippen LogP contribution in [0.2, 0.25) is 5.02 Å². The summed E-state index contributed by atoms with van der Waals surface area (Å²) in [7, 11) is 0. The zero-order valence-corrected chi connectivity index (χ0v) is 16.6. The molecule has 2 aromatic carbocycles. The molecular formula is C21H23ClN4O3. The van der Waals surface area contributed by atoms with Crippen LogP contribution in [0.5, 0.6) is 0 Å². The molecule has 1 fully saturated rings. The molecule has 1 saturated heterocycles. The molecule has 1 aliphatic rings. The highest BCUT2D eigenvalue weighted by atomic mass is 35.5. The van der Waals surface area contributed by atoms with Crippen LogP contribution in [0.1, 0.15) is 24.0 Å². The Kier molecular flexibility index (Phi) is 6.72. The van der Waals surface area contributed by atoms with Gasteiger partial charge in [-0.25, -0.2) is 4.79 Å². The highest BCUT2D eigenvalue weighted by molar-refractivity contribution is 6.30. The van der Waals surface area contributed by atoms with Crippen LogP contribution in [0.15, 0.2) is 48.5 Å². The number of halogens is 1. The van der Waals surface area contributed by atoms with Gasteiger partial charge in [0.1, 0.15) is 6.04 Å².